The number of carbonyl (C=O) groups excluding carboxylic acids is 2. The van der Waals surface area contributed by atoms with E-state index in [1.165, 1.54) is 0 Å². The Hall–Kier alpha value is -1.63. The van der Waals surface area contributed by atoms with Crippen LogP contribution in [0, 0.1) is 11.8 Å². The third-order valence-electron chi connectivity index (χ3n) is 2.93. The van der Waals surface area contributed by atoms with Gasteiger partial charge in [0.1, 0.15) is 5.60 Å². The summed E-state index contributed by atoms with van der Waals surface area (Å²) < 4.78 is 9.44. The van der Waals surface area contributed by atoms with Gasteiger partial charge < -0.3 is 19.9 Å². The van der Waals surface area contributed by atoms with Crippen LogP contribution in [-0.2, 0) is 19.1 Å². The standard InChI is InChI=1S/C13H21NO6/c1-13(2,3)20-12(18)19-11(17)5-9-7-14-6-8(9)4-10(15)16/h8-9,14H,4-7H2,1-3H3,(H,15,16). The Balaban J connectivity index is 2.41. The van der Waals surface area contributed by atoms with Crippen LogP contribution < -0.4 is 5.32 Å². The Labute approximate surface area is 117 Å². The van der Waals surface area contributed by atoms with E-state index in [0.717, 1.165) is 0 Å². The minimum absolute atomic E-state index is 0.00260. The molecule has 1 saturated heterocycles. The number of carbonyl (C=O) groups is 3. The number of rotatable bonds is 4. The van der Waals surface area contributed by atoms with E-state index < -0.39 is 23.7 Å². The molecule has 2 N–H and O–H groups in total. The lowest BCUT2D eigenvalue weighted by Crippen LogP contribution is -2.27. The second kappa shape index (κ2) is 6.69. The zero-order valence-corrected chi connectivity index (χ0v) is 12.0. The maximum absolute atomic E-state index is 11.6. The van der Waals surface area contributed by atoms with Crippen LogP contribution >= 0.6 is 0 Å². The first kappa shape index (κ1) is 16.4. The molecule has 0 bridgehead atoms. The maximum atomic E-state index is 11.6. The molecule has 2 unspecified atom stereocenters. The number of esters is 1. The van der Waals surface area contributed by atoms with E-state index in [-0.39, 0.29) is 24.7 Å². The molecule has 0 aliphatic carbocycles. The van der Waals surface area contributed by atoms with Crippen LogP contribution in [0.4, 0.5) is 4.79 Å². The van der Waals surface area contributed by atoms with Crippen LogP contribution in [-0.4, -0.2) is 41.9 Å². The summed E-state index contributed by atoms with van der Waals surface area (Å²) in [6, 6.07) is 0. The van der Waals surface area contributed by atoms with Gasteiger partial charge in [0.25, 0.3) is 0 Å². The molecule has 0 aromatic carbocycles. The summed E-state index contributed by atoms with van der Waals surface area (Å²) in [6.07, 6.45) is -1.02. The van der Waals surface area contributed by atoms with E-state index in [0.29, 0.717) is 13.1 Å². The third-order valence-corrected chi connectivity index (χ3v) is 2.93. The van der Waals surface area contributed by atoms with Crippen molar-refractivity contribution in [3.05, 3.63) is 0 Å². The molecule has 0 aromatic rings. The smallest absolute Gasteiger partial charge is 0.481 e. The zero-order valence-electron chi connectivity index (χ0n) is 12.0. The Kier molecular flexibility index (Phi) is 5.50. The van der Waals surface area contributed by atoms with Gasteiger partial charge in [0.15, 0.2) is 0 Å². The van der Waals surface area contributed by atoms with E-state index in [4.69, 9.17) is 9.84 Å². The third kappa shape index (κ3) is 6.01. The van der Waals surface area contributed by atoms with Crippen molar-refractivity contribution in [3.8, 4) is 0 Å². The van der Waals surface area contributed by atoms with Crippen molar-refractivity contribution in [2.24, 2.45) is 11.8 Å². The number of carboxylic acids is 1. The van der Waals surface area contributed by atoms with Crippen LogP contribution in [0.15, 0.2) is 0 Å². The first-order valence-electron chi connectivity index (χ1n) is 6.53. The average Bonchev–Trinajstić information content (AvgIpc) is 2.60. The topological polar surface area (TPSA) is 102 Å². The Morgan fingerprint density at radius 2 is 1.70 bits per heavy atom. The molecule has 0 radical (unpaired) electrons. The van der Waals surface area contributed by atoms with Gasteiger partial charge in [-0.05, 0) is 45.7 Å². The van der Waals surface area contributed by atoms with Crippen molar-refractivity contribution in [3.63, 3.8) is 0 Å². The molecule has 1 heterocycles. The first-order valence-corrected chi connectivity index (χ1v) is 6.53. The fraction of sp³-hybridized carbons (Fsp3) is 0.769. The van der Waals surface area contributed by atoms with Gasteiger partial charge in [-0.3, -0.25) is 9.59 Å². The molecule has 2 atom stereocenters. The van der Waals surface area contributed by atoms with E-state index in [1.54, 1.807) is 20.8 Å². The summed E-state index contributed by atoms with van der Waals surface area (Å²) in [7, 11) is 0. The van der Waals surface area contributed by atoms with Crippen LogP contribution in [0.1, 0.15) is 33.6 Å². The molecule has 0 saturated carbocycles. The number of hydrogen-bond donors (Lipinski definition) is 2. The Morgan fingerprint density at radius 3 is 2.20 bits per heavy atom. The molecular formula is C13H21NO6. The van der Waals surface area contributed by atoms with E-state index >= 15 is 0 Å². The number of nitrogens with one attached hydrogen (secondary N) is 1. The Bertz CT molecular complexity index is 387. The molecule has 20 heavy (non-hydrogen) atoms. The van der Waals surface area contributed by atoms with Gasteiger partial charge >= 0.3 is 18.1 Å². The van der Waals surface area contributed by atoms with Crippen molar-refractivity contribution in [2.75, 3.05) is 13.1 Å². The Morgan fingerprint density at radius 1 is 1.15 bits per heavy atom. The highest BCUT2D eigenvalue weighted by atomic mass is 16.7. The molecule has 1 rings (SSSR count). The second-order valence-corrected chi connectivity index (χ2v) is 5.92. The quantitative estimate of drug-likeness (QED) is 0.591. The molecule has 1 aliphatic rings. The lowest BCUT2D eigenvalue weighted by Gasteiger charge is -2.19. The fourth-order valence-corrected chi connectivity index (χ4v) is 2.11. The van der Waals surface area contributed by atoms with Gasteiger partial charge in [-0.25, -0.2) is 4.79 Å². The summed E-state index contributed by atoms with van der Waals surface area (Å²) >= 11 is 0. The van der Waals surface area contributed by atoms with Crippen LogP contribution in [0.2, 0.25) is 0 Å². The summed E-state index contributed by atoms with van der Waals surface area (Å²) in [6.45, 7) is 6.10. The summed E-state index contributed by atoms with van der Waals surface area (Å²) in [4.78, 5) is 33.7. The predicted octanol–water partition coefficient (Wildman–Crippen LogP) is 1.17. The van der Waals surface area contributed by atoms with Gasteiger partial charge in [0.2, 0.25) is 0 Å². The highest BCUT2D eigenvalue weighted by molar-refractivity contribution is 5.82. The number of carboxylic acid groups (broad SMARTS) is 1. The van der Waals surface area contributed by atoms with Crippen LogP contribution in [0.5, 0.6) is 0 Å². The number of aliphatic carboxylic acids is 1. The van der Waals surface area contributed by atoms with Gasteiger partial charge in [0.05, 0.1) is 6.42 Å². The molecule has 0 aromatic heterocycles. The lowest BCUT2D eigenvalue weighted by molar-refractivity contribution is -0.144. The van der Waals surface area contributed by atoms with Crippen LogP contribution in [0.3, 0.4) is 0 Å². The van der Waals surface area contributed by atoms with Crippen molar-refractivity contribution < 1.29 is 29.0 Å². The van der Waals surface area contributed by atoms with Gasteiger partial charge in [-0.2, -0.15) is 0 Å². The summed E-state index contributed by atoms with van der Waals surface area (Å²) in [5, 5.41) is 11.8. The second-order valence-electron chi connectivity index (χ2n) is 5.92. The molecule has 114 valence electrons. The van der Waals surface area contributed by atoms with Gasteiger partial charge in [-0.15, -0.1) is 0 Å². The fourth-order valence-electron chi connectivity index (χ4n) is 2.11. The molecule has 0 spiro atoms. The minimum atomic E-state index is -1.02. The number of hydrogen-bond acceptors (Lipinski definition) is 6. The SMILES string of the molecule is CC(C)(C)OC(=O)OC(=O)CC1CNCC1CC(=O)O. The van der Waals surface area contributed by atoms with Crippen molar-refractivity contribution >= 4 is 18.1 Å². The molecule has 7 heteroatoms. The van der Waals surface area contributed by atoms with Crippen molar-refractivity contribution in [1.29, 1.82) is 0 Å². The molecule has 7 nitrogen and oxygen atoms in total. The zero-order chi connectivity index (χ0) is 15.3. The van der Waals surface area contributed by atoms with Crippen molar-refractivity contribution in [1.82, 2.24) is 5.32 Å². The lowest BCUT2D eigenvalue weighted by atomic mass is 9.90. The van der Waals surface area contributed by atoms with Gasteiger partial charge in [0, 0.05) is 6.42 Å². The molecule has 0 amide bonds. The number of ether oxygens (including phenoxy) is 2. The first-order chi connectivity index (χ1) is 9.17. The van der Waals surface area contributed by atoms with E-state index in [9.17, 15) is 14.4 Å². The van der Waals surface area contributed by atoms with E-state index in [2.05, 4.69) is 10.1 Å². The largest absolute Gasteiger partial charge is 0.516 e. The van der Waals surface area contributed by atoms with Crippen molar-refractivity contribution in [2.45, 2.75) is 39.2 Å². The highest BCUT2D eigenvalue weighted by Crippen LogP contribution is 2.24. The minimum Gasteiger partial charge on any atom is -0.481 e. The maximum Gasteiger partial charge on any atom is 0.516 e. The predicted molar refractivity (Wildman–Crippen MR) is 69.0 cm³/mol. The molecule has 1 fully saturated rings. The van der Waals surface area contributed by atoms with E-state index in [1.807, 2.05) is 0 Å². The monoisotopic (exact) mass is 287 g/mol. The summed E-state index contributed by atoms with van der Waals surface area (Å²) in [5.74, 6) is -1.85. The highest BCUT2D eigenvalue weighted by Gasteiger charge is 2.32. The normalized spacial score (nSPS) is 22.4. The van der Waals surface area contributed by atoms with Crippen LogP contribution in [0.25, 0.3) is 0 Å². The molecule has 1 aliphatic heterocycles. The average molecular weight is 287 g/mol. The summed E-state index contributed by atoms with van der Waals surface area (Å²) in [5.41, 5.74) is -0.724. The van der Waals surface area contributed by atoms with Gasteiger partial charge in [-0.1, -0.05) is 0 Å². The molecular weight excluding hydrogens is 266 g/mol.